The van der Waals surface area contributed by atoms with E-state index < -0.39 is 17.7 Å². The quantitative estimate of drug-likeness (QED) is 0.787. The molecule has 2 aromatic carbocycles. The highest BCUT2D eigenvalue weighted by Crippen LogP contribution is 2.35. The molecule has 2 unspecified atom stereocenters. The lowest BCUT2D eigenvalue weighted by molar-refractivity contribution is 0.172. The van der Waals surface area contributed by atoms with Crippen molar-refractivity contribution in [2.24, 2.45) is 0 Å². The average molecular weight is 340 g/mol. The van der Waals surface area contributed by atoms with Gasteiger partial charge in [-0.1, -0.05) is 24.3 Å². The highest BCUT2D eigenvalue weighted by molar-refractivity contribution is 5.78. The monoisotopic (exact) mass is 340 g/mol. The zero-order chi connectivity index (χ0) is 17.4. The molecule has 1 aromatic heterocycles. The van der Waals surface area contributed by atoms with Crippen LogP contribution in [-0.4, -0.2) is 27.6 Å². The third kappa shape index (κ3) is 3.25. The molecule has 0 radical (unpaired) electrons. The van der Waals surface area contributed by atoms with Gasteiger partial charge in [-0.25, -0.2) is 8.78 Å². The molecule has 0 amide bonds. The maximum Gasteiger partial charge on any atom is 0.128 e. The summed E-state index contributed by atoms with van der Waals surface area (Å²) in [6, 6.07) is 14.9. The van der Waals surface area contributed by atoms with Crippen LogP contribution >= 0.6 is 0 Å². The number of fused-ring (bicyclic) bond motifs is 1. The number of para-hydroxylation sites is 1. The Morgan fingerprint density at radius 3 is 2.80 bits per heavy atom. The van der Waals surface area contributed by atoms with Gasteiger partial charge in [-0.05, 0) is 36.8 Å². The Balaban J connectivity index is 1.64. The standard InChI is InChI=1S/C20H18F2N2O/c21-14-6-8-18(22)17(9-14)20-10-16(25)12-24(20)11-15-7-5-13-3-1-2-4-19(13)23-15/h1-9,16,20,25H,10-12H2. The number of likely N-dealkylation sites (tertiary alicyclic amines) is 1. The molecule has 2 atom stereocenters. The van der Waals surface area contributed by atoms with E-state index in [-0.39, 0.29) is 11.6 Å². The van der Waals surface area contributed by atoms with E-state index in [1.165, 1.54) is 6.07 Å². The van der Waals surface area contributed by atoms with Crippen LogP contribution in [0.1, 0.15) is 23.7 Å². The number of aromatic nitrogens is 1. The first-order valence-corrected chi connectivity index (χ1v) is 8.32. The Kier molecular flexibility index (Phi) is 4.19. The average Bonchev–Trinajstić information content (AvgIpc) is 2.97. The number of β-amino-alcohol motifs (C(OH)–C–C–N with tert-alkyl or cyclic N) is 1. The summed E-state index contributed by atoms with van der Waals surface area (Å²) >= 11 is 0. The molecule has 1 aliphatic rings. The third-order valence-electron chi connectivity index (χ3n) is 4.72. The molecule has 3 aromatic rings. The summed E-state index contributed by atoms with van der Waals surface area (Å²) in [4.78, 5) is 6.60. The highest BCUT2D eigenvalue weighted by atomic mass is 19.1. The second kappa shape index (κ2) is 6.50. The molecule has 0 aliphatic carbocycles. The van der Waals surface area contributed by atoms with Crippen LogP contribution in [-0.2, 0) is 6.54 Å². The van der Waals surface area contributed by atoms with Crippen molar-refractivity contribution < 1.29 is 13.9 Å². The van der Waals surface area contributed by atoms with Crippen LogP contribution in [0.3, 0.4) is 0 Å². The Morgan fingerprint density at radius 1 is 1.08 bits per heavy atom. The first-order chi connectivity index (χ1) is 12.1. The van der Waals surface area contributed by atoms with E-state index in [9.17, 15) is 13.9 Å². The molecule has 1 fully saturated rings. The zero-order valence-corrected chi connectivity index (χ0v) is 13.6. The van der Waals surface area contributed by atoms with Gasteiger partial charge in [0.25, 0.3) is 0 Å². The van der Waals surface area contributed by atoms with Crippen molar-refractivity contribution in [3.05, 3.63) is 77.5 Å². The molecule has 2 heterocycles. The summed E-state index contributed by atoms with van der Waals surface area (Å²) in [7, 11) is 0. The van der Waals surface area contributed by atoms with E-state index in [1.54, 1.807) is 0 Å². The van der Waals surface area contributed by atoms with E-state index in [0.29, 0.717) is 19.5 Å². The Labute approximate surface area is 144 Å². The fourth-order valence-electron chi connectivity index (χ4n) is 3.55. The second-order valence-corrected chi connectivity index (χ2v) is 6.50. The number of aliphatic hydroxyl groups is 1. The fraction of sp³-hybridized carbons (Fsp3) is 0.250. The molecule has 3 nitrogen and oxygen atoms in total. The van der Waals surface area contributed by atoms with Gasteiger partial charge in [-0.15, -0.1) is 0 Å². The lowest BCUT2D eigenvalue weighted by Gasteiger charge is -2.24. The highest BCUT2D eigenvalue weighted by Gasteiger charge is 2.34. The molecular formula is C20H18F2N2O. The van der Waals surface area contributed by atoms with Gasteiger partial charge in [-0.2, -0.15) is 0 Å². The molecule has 1 N–H and O–H groups in total. The number of nitrogens with zero attached hydrogens (tertiary/aromatic N) is 2. The summed E-state index contributed by atoms with van der Waals surface area (Å²) in [5.41, 5.74) is 2.03. The van der Waals surface area contributed by atoms with Gasteiger partial charge < -0.3 is 5.11 Å². The van der Waals surface area contributed by atoms with Gasteiger partial charge in [-0.3, -0.25) is 9.88 Å². The van der Waals surface area contributed by atoms with Crippen molar-refractivity contribution in [1.82, 2.24) is 9.88 Å². The maximum atomic E-state index is 14.2. The number of hydrogen-bond acceptors (Lipinski definition) is 3. The Morgan fingerprint density at radius 2 is 1.92 bits per heavy atom. The number of pyridine rings is 1. The van der Waals surface area contributed by atoms with Crippen LogP contribution in [0.25, 0.3) is 10.9 Å². The Hall–Kier alpha value is -2.37. The van der Waals surface area contributed by atoms with E-state index in [2.05, 4.69) is 4.98 Å². The largest absolute Gasteiger partial charge is 0.392 e. The van der Waals surface area contributed by atoms with E-state index in [1.807, 2.05) is 41.3 Å². The topological polar surface area (TPSA) is 36.4 Å². The fourth-order valence-corrected chi connectivity index (χ4v) is 3.55. The van der Waals surface area contributed by atoms with Gasteiger partial charge in [0.05, 0.1) is 17.3 Å². The van der Waals surface area contributed by atoms with Gasteiger partial charge >= 0.3 is 0 Å². The van der Waals surface area contributed by atoms with Gasteiger partial charge in [0.1, 0.15) is 11.6 Å². The van der Waals surface area contributed by atoms with Gasteiger partial charge in [0.2, 0.25) is 0 Å². The zero-order valence-electron chi connectivity index (χ0n) is 13.6. The predicted molar refractivity (Wildman–Crippen MR) is 91.9 cm³/mol. The molecular weight excluding hydrogens is 322 g/mol. The SMILES string of the molecule is OC1CC(c2cc(F)ccc2F)N(Cc2ccc3ccccc3n2)C1. The van der Waals surface area contributed by atoms with E-state index in [0.717, 1.165) is 28.7 Å². The molecule has 25 heavy (non-hydrogen) atoms. The Bertz CT molecular complexity index is 915. The maximum absolute atomic E-state index is 14.2. The number of rotatable bonds is 3. The van der Waals surface area contributed by atoms with Gasteiger partial charge in [0, 0.05) is 30.1 Å². The summed E-state index contributed by atoms with van der Waals surface area (Å²) in [5, 5.41) is 11.1. The summed E-state index contributed by atoms with van der Waals surface area (Å²) in [6.45, 7) is 0.887. The molecule has 0 saturated carbocycles. The van der Waals surface area contributed by atoms with Crippen molar-refractivity contribution in [2.75, 3.05) is 6.54 Å². The summed E-state index contributed by atoms with van der Waals surface area (Å²) in [5.74, 6) is -0.918. The number of halogens is 2. The molecule has 5 heteroatoms. The number of hydrogen-bond donors (Lipinski definition) is 1. The van der Waals surface area contributed by atoms with Crippen molar-refractivity contribution in [3.63, 3.8) is 0 Å². The predicted octanol–water partition coefficient (Wildman–Crippen LogP) is 3.82. The van der Waals surface area contributed by atoms with Crippen LogP contribution in [0, 0.1) is 11.6 Å². The lowest BCUT2D eigenvalue weighted by atomic mass is 10.0. The van der Waals surface area contributed by atoms with E-state index >= 15 is 0 Å². The van der Waals surface area contributed by atoms with Crippen molar-refractivity contribution >= 4 is 10.9 Å². The third-order valence-corrected chi connectivity index (χ3v) is 4.72. The molecule has 4 rings (SSSR count). The number of aliphatic hydroxyl groups excluding tert-OH is 1. The molecule has 1 saturated heterocycles. The van der Waals surface area contributed by atoms with Crippen molar-refractivity contribution in [1.29, 1.82) is 0 Å². The molecule has 0 bridgehead atoms. The van der Waals surface area contributed by atoms with Crippen LogP contribution in [0.15, 0.2) is 54.6 Å². The normalized spacial score (nSPS) is 21.1. The first-order valence-electron chi connectivity index (χ1n) is 8.32. The van der Waals surface area contributed by atoms with Crippen molar-refractivity contribution in [2.45, 2.75) is 25.1 Å². The van der Waals surface area contributed by atoms with Crippen LogP contribution in [0.4, 0.5) is 8.78 Å². The minimum atomic E-state index is -0.562. The summed E-state index contributed by atoms with van der Waals surface area (Å²) in [6.07, 6.45) is -0.179. The molecule has 128 valence electrons. The smallest absolute Gasteiger partial charge is 0.128 e. The minimum Gasteiger partial charge on any atom is -0.392 e. The van der Waals surface area contributed by atoms with Gasteiger partial charge in [0.15, 0.2) is 0 Å². The van der Waals surface area contributed by atoms with E-state index in [4.69, 9.17) is 0 Å². The molecule has 0 spiro atoms. The molecule has 1 aliphatic heterocycles. The first kappa shape index (κ1) is 16.1. The van der Waals surface area contributed by atoms with Crippen LogP contribution in [0.2, 0.25) is 0 Å². The minimum absolute atomic E-state index is 0.289. The lowest BCUT2D eigenvalue weighted by Crippen LogP contribution is -2.25. The second-order valence-electron chi connectivity index (χ2n) is 6.50. The summed E-state index contributed by atoms with van der Waals surface area (Å²) < 4.78 is 27.7. The van der Waals surface area contributed by atoms with Crippen LogP contribution < -0.4 is 0 Å². The van der Waals surface area contributed by atoms with Crippen LogP contribution in [0.5, 0.6) is 0 Å². The number of benzene rings is 2. The van der Waals surface area contributed by atoms with Crippen molar-refractivity contribution in [3.8, 4) is 0 Å².